The van der Waals surface area contributed by atoms with E-state index >= 15 is 0 Å². The van der Waals surface area contributed by atoms with Gasteiger partial charge in [0.05, 0.1) is 11.4 Å². The van der Waals surface area contributed by atoms with Gasteiger partial charge in [-0.3, -0.25) is 0 Å². The van der Waals surface area contributed by atoms with Crippen LogP contribution in [-0.4, -0.2) is 6.71 Å². The molecule has 0 fully saturated rings. The maximum absolute atomic E-state index is 2.69. The molecule has 10 aromatic rings. The Hall–Kier alpha value is -8.54. The van der Waals surface area contributed by atoms with Crippen LogP contribution in [0.25, 0.3) is 11.1 Å². The fraction of sp³-hybridized carbons (Fsp3) is 0.221. The van der Waals surface area contributed by atoms with Crippen LogP contribution in [0.3, 0.4) is 0 Å². The van der Waals surface area contributed by atoms with E-state index in [1.54, 1.807) is 0 Å². The molecule has 0 bridgehead atoms. The summed E-state index contributed by atoms with van der Waals surface area (Å²) in [6, 6.07) is 86.9. The molecule has 0 saturated carbocycles. The van der Waals surface area contributed by atoms with E-state index in [0.29, 0.717) is 0 Å². The molecule has 10 aromatic carbocycles. The van der Waals surface area contributed by atoms with Crippen molar-refractivity contribution in [1.82, 2.24) is 0 Å². The number of hydrogen-bond acceptors (Lipinski definition) is 4. The number of benzene rings is 10. The molecule has 0 radical (unpaired) electrons. The Morgan fingerprint density at radius 3 is 1.27 bits per heavy atom. The molecular weight excluding hydrogens is 992 g/mol. The molecule has 0 N–H and O–H groups in total. The van der Waals surface area contributed by atoms with Crippen molar-refractivity contribution in [2.75, 3.05) is 19.6 Å². The van der Waals surface area contributed by atoms with Crippen LogP contribution in [0.5, 0.6) is 0 Å². The van der Waals surface area contributed by atoms with Crippen molar-refractivity contribution < 1.29 is 0 Å². The average Bonchev–Trinajstić information content (AvgIpc) is 1.13. The molecule has 0 saturated heterocycles. The first-order valence-corrected chi connectivity index (χ1v) is 29.6. The Morgan fingerprint density at radius 1 is 0.366 bits per heavy atom. The fourth-order valence-electron chi connectivity index (χ4n) is 13.4. The van der Waals surface area contributed by atoms with Crippen LogP contribution in [0.4, 0.5) is 68.2 Å². The number of anilines is 12. The van der Waals surface area contributed by atoms with Crippen LogP contribution >= 0.6 is 0 Å². The molecule has 13 rings (SSSR count). The molecule has 0 atom stereocenters. The van der Waals surface area contributed by atoms with Crippen molar-refractivity contribution in [1.29, 1.82) is 0 Å². The molecular formula is C77H75BN4. The summed E-state index contributed by atoms with van der Waals surface area (Å²) < 4.78 is 0. The van der Waals surface area contributed by atoms with Crippen LogP contribution in [0.1, 0.15) is 110 Å². The lowest BCUT2D eigenvalue weighted by atomic mass is 9.33. The monoisotopic (exact) mass is 1070 g/mol. The zero-order valence-corrected chi connectivity index (χ0v) is 49.7. The van der Waals surface area contributed by atoms with Gasteiger partial charge in [-0.05, 0) is 188 Å². The van der Waals surface area contributed by atoms with Crippen LogP contribution in [0.2, 0.25) is 0 Å². The van der Waals surface area contributed by atoms with Gasteiger partial charge >= 0.3 is 0 Å². The molecule has 2 heterocycles. The lowest BCUT2D eigenvalue weighted by molar-refractivity contribution is 0.332. The van der Waals surface area contributed by atoms with E-state index in [-0.39, 0.29) is 28.4 Å². The Bertz CT molecular complexity index is 3950. The molecule has 2 aliphatic heterocycles. The van der Waals surface area contributed by atoms with E-state index in [9.17, 15) is 0 Å². The summed E-state index contributed by atoms with van der Waals surface area (Å²) in [4.78, 5) is 10.2. The van der Waals surface area contributed by atoms with Gasteiger partial charge in [-0.1, -0.05) is 203 Å². The van der Waals surface area contributed by atoms with E-state index in [4.69, 9.17) is 0 Å². The van der Waals surface area contributed by atoms with Gasteiger partial charge in [-0.25, -0.2) is 0 Å². The SMILES string of the molecule is Cc1cc(C(C)(C)C)ccc1N1c2cc(N(c3ccccc3)c3ccccc3)ccc2B2c3cc4c(cc3N(c3ccc(C(C)(C)C)cc3-c3ccccc3)c3cc(N(c5ccccc5)c5ccccc5)cc1c32)C(C)(C)CCC4(C)C. The van der Waals surface area contributed by atoms with Gasteiger partial charge in [-0.2, -0.15) is 0 Å². The van der Waals surface area contributed by atoms with E-state index in [0.717, 1.165) is 64.0 Å². The minimum Gasteiger partial charge on any atom is -0.311 e. The third-order valence-electron chi connectivity index (χ3n) is 18.1. The lowest BCUT2D eigenvalue weighted by Crippen LogP contribution is -2.62. The second-order valence-corrected chi connectivity index (χ2v) is 26.6. The Balaban J connectivity index is 1.21. The third-order valence-corrected chi connectivity index (χ3v) is 18.1. The van der Waals surface area contributed by atoms with Crippen LogP contribution < -0.4 is 36.0 Å². The van der Waals surface area contributed by atoms with Gasteiger partial charge < -0.3 is 19.6 Å². The van der Waals surface area contributed by atoms with Gasteiger partial charge in [0.15, 0.2) is 0 Å². The predicted octanol–water partition coefficient (Wildman–Crippen LogP) is 19.6. The lowest BCUT2D eigenvalue weighted by Gasteiger charge is -2.48. The first-order chi connectivity index (χ1) is 39.4. The summed E-state index contributed by atoms with van der Waals surface area (Å²) in [6.45, 7) is 26.1. The number of para-hydroxylation sites is 4. The highest BCUT2D eigenvalue weighted by Crippen LogP contribution is 2.54. The van der Waals surface area contributed by atoms with Crippen molar-refractivity contribution in [3.8, 4) is 11.1 Å². The highest BCUT2D eigenvalue weighted by atomic mass is 15.2. The van der Waals surface area contributed by atoms with Gasteiger partial charge in [-0.15, -0.1) is 0 Å². The summed E-state index contributed by atoms with van der Waals surface area (Å²) in [5.74, 6) is 0. The van der Waals surface area contributed by atoms with Crippen molar-refractivity contribution in [2.24, 2.45) is 0 Å². The van der Waals surface area contributed by atoms with Crippen LogP contribution in [0, 0.1) is 6.92 Å². The molecule has 82 heavy (non-hydrogen) atoms. The van der Waals surface area contributed by atoms with Gasteiger partial charge in [0.2, 0.25) is 0 Å². The zero-order valence-electron chi connectivity index (χ0n) is 49.7. The molecule has 0 amide bonds. The zero-order chi connectivity index (χ0) is 56.9. The second-order valence-electron chi connectivity index (χ2n) is 26.6. The number of hydrogen-bond donors (Lipinski definition) is 0. The molecule has 1 aliphatic carbocycles. The highest BCUT2D eigenvalue weighted by Gasteiger charge is 2.48. The standard InChI is InChI=1S/C77H75BN4/c1-52-45-54(74(2,3)4)37-41-67(52)81-69-47-60(79(56-29-19-13-20-30-56)57-31-21-14-22-32-57)39-40-65(69)78-66-50-63-64(77(10,11)44-43-76(63,8)9)51-70(66)82(68-42-38-55(75(5,6)7)46-62(68)53-27-17-12-18-28-53)72-49-61(48-71(81)73(72)78)80(58-33-23-15-24-34-58)59-35-25-16-26-36-59/h12-42,45-51H,43-44H2,1-11H3. The topological polar surface area (TPSA) is 13.0 Å². The summed E-state index contributed by atoms with van der Waals surface area (Å²) in [5, 5.41) is 0. The molecule has 0 spiro atoms. The van der Waals surface area contributed by atoms with E-state index in [1.807, 2.05) is 0 Å². The molecule has 3 aliphatic rings. The quantitative estimate of drug-likeness (QED) is 0.134. The minimum absolute atomic E-state index is 0.0295. The second kappa shape index (κ2) is 19.9. The van der Waals surface area contributed by atoms with Crippen molar-refractivity contribution >= 4 is 91.3 Å². The number of nitrogens with zero attached hydrogens (tertiary/aromatic N) is 4. The van der Waals surface area contributed by atoms with Crippen LogP contribution in [-0.2, 0) is 21.7 Å². The summed E-state index contributed by atoms with van der Waals surface area (Å²) in [5.41, 5.74) is 26.5. The summed E-state index contributed by atoms with van der Waals surface area (Å²) in [7, 11) is 0. The fourth-order valence-corrected chi connectivity index (χ4v) is 13.4. The maximum atomic E-state index is 2.69. The summed E-state index contributed by atoms with van der Waals surface area (Å²) >= 11 is 0. The molecule has 5 heteroatoms. The summed E-state index contributed by atoms with van der Waals surface area (Å²) in [6.07, 6.45) is 2.24. The molecule has 0 unspecified atom stereocenters. The van der Waals surface area contributed by atoms with Crippen molar-refractivity contribution in [2.45, 2.75) is 111 Å². The normalized spacial score (nSPS) is 14.8. The third kappa shape index (κ3) is 9.10. The van der Waals surface area contributed by atoms with Crippen molar-refractivity contribution in [3.63, 3.8) is 0 Å². The van der Waals surface area contributed by atoms with Crippen molar-refractivity contribution in [3.05, 3.63) is 258 Å². The highest BCUT2D eigenvalue weighted by molar-refractivity contribution is 7.00. The van der Waals surface area contributed by atoms with Gasteiger partial charge in [0.1, 0.15) is 0 Å². The Labute approximate surface area is 488 Å². The molecule has 0 aromatic heterocycles. The van der Waals surface area contributed by atoms with E-state index in [2.05, 4.69) is 326 Å². The Kier molecular flexibility index (Phi) is 12.8. The number of aryl methyl sites for hydroxylation is 1. The average molecular weight is 1070 g/mol. The van der Waals surface area contributed by atoms with Gasteiger partial charge in [0.25, 0.3) is 6.71 Å². The number of fused-ring (bicyclic) bond motifs is 5. The van der Waals surface area contributed by atoms with Crippen LogP contribution in [0.15, 0.2) is 231 Å². The van der Waals surface area contributed by atoms with Gasteiger partial charge in [0, 0.05) is 62.4 Å². The number of rotatable bonds is 9. The Morgan fingerprint density at radius 2 is 0.780 bits per heavy atom. The predicted molar refractivity (Wildman–Crippen MR) is 353 cm³/mol. The molecule has 406 valence electrons. The minimum atomic E-state index is -0.122. The van der Waals surface area contributed by atoms with E-state index in [1.165, 1.54) is 72.4 Å². The maximum Gasteiger partial charge on any atom is 0.252 e. The first-order valence-electron chi connectivity index (χ1n) is 29.6. The van der Waals surface area contributed by atoms with E-state index < -0.39 is 0 Å². The largest absolute Gasteiger partial charge is 0.311 e. The molecule has 4 nitrogen and oxygen atoms in total. The smallest absolute Gasteiger partial charge is 0.252 e. The first kappa shape index (κ1) is 52.8.